The zero-order valence-corrected chi connectivity index (χ0v) is 17.4. The van der Waals surface area contributed by atoms with Crippen molar-refractivity contribution in [2.45, 2.75) is 64.2 Å². The lowest BCUT2D eigenvalue weighted by Gasteiger charge is -2.26. The largest absolute Gasteiger partial charge is 0.480 e. The molecule has 0 aromatic carbocycles. The van der Waals surface area contributed by atoms with E-state index in [1.165, 1.54) is 19.4 Å². The summed E-state index contributed by atoms with van der Waals surface area (Å²) >= 11 is 0. The van der Waals surface area contributed by atoms with Gasteiger partial charge in [0.1, 0.15) is 18.1 Å². The van der Waals surface area contributed by atoms with Crippen LogP contribution in [-0.4, -0.2) is 69.5 Å². The number of imidazole rings is 1. The van der Waals surface area contributed by atoms with Gasteiger partial charge < -0.3 is 31.4 Å². The van der Waals surface area contributed by atoms with E-state index >= 15 is 0 Å². The Morgan fingerprint density at radius 3 is 2.43 bits per heavy atom. The van der Waals surface area contributed by atoms with Crippen LogP contribution < -0.4 is 21.3 Å². The van der Waals surface area contributed by atoms with E-state index in [2.05, 4.69) is 31.2 Å². The molecule has 2 rings (SSSR count). The molecule has 1 aliphatic heterocycles. The fourth-order valence-corrected chi connectivity index (χ4v) is 3.16. The Bertz CT molecular complexity index is 745. The van der Waals surface area contributed by atoms with Gasteiger partial charge in [0.25, 0.3) is 0 Å². The summed E-state index contributed by atoms with van der Waals surface area (Å²) in [5.41, 5.74) is 0.596. The third-order valence-electron chi connectivity index (χ3n) is 4.96. The number of nitrogens with one attached hydrogen (secondary N) is 5. The normalized spacial score (nSPS) is 19.0. The van der Waals surface area contributed by atoms with Gasteiger partial charge in [-0.15, -0.1) is 0 Å². The molecule has 4 unspecified atom stereocenters. The van der Waals surface area contributed by atoms with Gasteiger partial charge in [0.2, 0.25) is 17.7 Å². The van der Waals surface area contributed by atoms with Crippen molar-refractivity contribution >= 4 is 23.7 Å². The van der Waals surface area contributed by atoms with Crippen molar-refractivity contribution in [2.75, 3.05) is 6.54 Å². The molecule has 1 fully saturated rings. The zero-order chi connectivity index (χ0) is 22.3. The molecule has 2 heterocycles. The summed E-state index contributed by atoms with van der Waals surface area (Å²) in [6.07, 6.45) is 4.64. The molecule has 0 aliphatic carbocycles. The Morgan fingerprint density at radius 1 is 1.17 bits per heavy atom. The molecule has 1 aliphatic rings. The molecule has 11 heteroatoms. The van der Waals surface area contributed by atoms with Crippen molar-refractivity contribution in [3.05, 3.63) is 18.2 Å². The van der Waals surface area contributed by atoms with Crippen LogP contribution in [0.1, 0.15) is 39.3 Å². The highest BCUT2D eigenvalue weighted by Gasteiger charge is 2.32. The second kappa shape index (κ2) is 10.7. The smallest absolute Gasteiger partial charge is 0.325 e. The van der Waals surface area contributed by atoms with Gasteiger partial charge in [-0.25, -0.2) is 4.98 Å². The molecule has 0 bridgehead atoms. The minimum Gasteiger partial charge on any atom is -0.480 e. The van der Waals surface area contributed by atoms with Crippen LogP contribution >= 0.6 is 0 Å². The maximum absolute atomic E-state index is 12.9. The van der Waals surface area contributed by atoms with Crippen molar-refractivity contribution in [1.82, 2.24) is 31.2 Å². The van der Waals surface area contributed by atoms with E-state index in [1.807, 2.05) is 0 Å². The fraction of sp³-hybridized carbons (Fsp3) is 0.632. The second-order valence-electron chi connectivity index (χ2n) is 7.79. The van der Waals surface area contributed by atoms with Gasteiger partial charge >= 0.3 is 5.97 Å². The van der Waals surface area contributed by atoms with Gasteiger partial charge in [-0.1, -0.05) is 13.8 Å². The van der Waals surface area contributed by atoms with E-state index in [0.717, 1.165) is 13.0 Å². The molecule has 0 saturated carbocycles. The second-order valence-corrected chi connectivity index (χ2v) is 7.79. The third kappa shape index (κ3) is 6.55. The number of carbonyl (C=O) groups excluding carboxylic acids is 3. The molecule has 1 aromatic rings. The number of hydrogen-bond acceptors (Lipinski definition) is 6. The minimum atomic E-state index is -1.19. The van der Waals surface area contributed by atoms with Crippen LogP contribution in [-0.2, 0) is 25.6 Å². The first-order chi connectivity index (χ1) is 14.2. The van der Waals surface area contributed by atoms with E-state index in [-0.39, 0.29) is 24.3 Å². The number of carboxylic acids is 1. The summed E-state index contributed by atoms with van der Waals surface area (Å²) in [5.74, 6) is -2.82. The Kier molecular flexibility index (Phi) is 8.34. The summed E-state index contributed by atoms with van der Waals surface area (Å²) in [6.45, 7) is 5.68. The number of hydrogen-bond donors (Lipinski definition) is 6. The van der Waals surface area contributed by atoms with Crippen LogP contribution in [0, 0.1) is 5.92 Å². The number of nitrogens with zero attached hydrogens (tertiary/aromatic N) is 1. The van der Waals surface area contributed by atoms with Crippen LogP contribution in [0.3, 0.4) is 0 Å². The number of carboxylic acid groups (broad SMARTS) is 1. The molecular weight excluding hydrogens is 392 g/mol. The van der Waals surface area contributed by atoms with Gasteiger partial charge in [-0.3, -0.25) is 19.2 Å². The predicted octanol–water partition coefficient (Wildman–Crippen LogP) is -1.08. The summed E-state index contributed by atoms with van der Waals surface area (Å²) in [7, 11) is 0. The van der Waals surface area contributed by atoms with Crippen molar-refractivity contribution in [3.63, 3.8) is 0 Å². The first-order valence-electron chi connectivity index (χ1n) is 10.0. The Balaban J connectivity index is 2.09. The van der Waals surface area contributed by atoms with Gasteiger partial charge in [0.05, 0.1) is 12.4 Å². The molecule has 6 N–H and O–H groups in total. The zero-order valence-electron chi connectivity index (χ0n) is 17.4. The van der Waals surface area contributed by atoms with Crippen LogP contribution in [0.25, 0.3) is 0 Å². The summed E-state index contributed by atoms with van der Waals surface area (Å²) < 4.78 is 0. The third-order valence-corrected chi connectivity index (χ3v) is 4.96. The number of carbonyl (C=O) groups is 4. The predicted molar refractivity (Wildman–Crippen MR) is 107 cm³/mol. The highest BCUT2D eigenvalue weighted by Crippen LogP contribution is 2.09. The Labute approximate surface area is 174 Å². The lowest BCUT2D eigenvalue weighted by molar-refractivity contribution is -0.141. The van der Waals surface area contributed by atoms with E-state index < -0.39 is 35.9 Å². The van der Waals surface area contributed by atoms with E-state index in [0.29, 0.717) is 12.1 Å². The average molecular weight is 422 g/mol. The molecule has 1 saturated heterocycles. The molecule has 1 aromatic heterocycles. The van der Waals surface area contributed by atoms with Crippen LogP contribution in [0.4, 0.5) is 0 Å². The minimum absolute atomic E-state index is 0.0901. The van der Waals surface area contributed by atoms with Gasteiger partial charge in [-0.05, 0) is 32.2 Å². The number of aromatic nitrogens is 2. The molecule has 30 heavy (non-hydrogen) atoms. The summed E-state index contributed by atoms with van der Waals surface area (Å²) in [5, 5.41) is 19.9. The lowest BCUT2D eigenvalue weighted by atomic mass is 10.0. The van der Waals surface area contributed by atoms with Crippen LogP contribution in [0.5, 0.6) is 0 Å². The summed E-state index contributed by atoms with van der Waals surface area (Å²) in [6, 6.07) is -3.33. The molecular formula is C19H30N6O5. The van der Waals surface area contributed by atoms with E-state index in [4.69, 9.17) is 5.11 Å². The topological polar surface area (TPSA) is 165 Å². The number of aliphatic carboxylic acids is 1. The molecule has 166 valence electrons. The maximum atomic E-state index is 12.9. The summed E-state index contributed by atoms with van der Waals surface area (Å²) in [4.78, 5) is 55.8. The lowest BCUT2D eigenvalue weighted by Crippen LogP contribution is -2.58. The molecule has 0 radical (unpaired) electrons. The average Bonchev–Trinajstić information content (AvgIpc) is 3.38. The van der Waals surface area contributed by atoms with Gasteiger partial charge in [0, 0.05) is 18.3 Å². The first kappa shape index (κ1) is 23.3. The fourth-order valence-electron chi connectivity index (χ4n) is 3.16. The monoisotopic (exact) mass is 422 g/mol. The quantitative estimate of drug-likeness (QED) is 0.279. The Morgan fingerprint density at radius 2 is 1.90 bits per heavy atom. The van der Waals surface area contributed by atoms with Gasteiger partial charge in [0.15, 0.2) is 0 Å². The van der Waals surface area contributed by atoms with Crippen molar-refractivity contribution in [1.29, 1.82) is 0 Å². The number of H-pyrrole nitrogens is 1. The number of rotatable bonds is 10. The first-order valence-corrected chi connectivity index (χ1v) is 10.0. The van der Waals surface area contributed by atoms with E-state index in [9.17, 15) is 19.2 Å². The van der Waals surface area contributed by atoms with Crippen molar-refractivity contribution in [3.8, 4) is 0 Å². The maximum Gasteiger partial charge on any atom is 0.325 e. The standard InChI is InChI=1S/C19H30N6O5/c1-10(2)15(25-16(26)13-5-4-6-21-13)18(28)24-14(7-12-8-20-9-22-12)17(27)23-11(3)19(29)30/h8-11,13-15,21H,4-7H2,1-3H3,(H,20,22)(H,23,27)(H,24,28)(H,25,26)(H,29,30). The molecule has 4 atom stereocenters. The van der Waals surface area contributed by atoms with E-state index in [1.54, 1.807) is 13.8 Å². The van der Waals surface area contributed by atoms with Gasteiger partial charge in [-0.2, -0.15) is 0 Å². The number of aromatic amines is 1. The molecule has 3 amide bonds. The molecule has 0 spiro atoms. The van der Waals surface area contributed by atoms with Crippen LogP contribution in [0.15, 0.2) is 12.5 Å². The van der Waals surface area contributed by atoms with Crippen molar-refractivity contribution in [2.24, 2.45) is 5.92 Å². The van der Waals surface area contributed by atoms with Crippen LogP contribution in [0.2, 0.25) is 0 Å². The SMILES string of the molecule is CC(NC(=O)C(Cc1cnc[nH]1)NC(=O)C(NC(=O)C1CCCN1)C(C)C)C(=O)O. The molecule has 11 nitrogen and oxygen atoms in total. The number of amides is 3. The highest BCUT2D eigenvalue weighted by atomic mass is 16.4. The van der Waals surface area contributed by atoms with Crippen molar-refractivity contribution < 1.29 is 24.3 Å². The Hall–Kier alpha value is -2.95. The highest BCUT2D eigenvalue weighted by molar-refractivity contribution is 5.94.